The SMILES string of the molecule is COC(=O)c1ccc(-n2cccc2[C@H]2[C@H](c3ccccn3)NC(=S)N2c2ccc(NC(C)=O)cc2)cc1. The highest BCUT2D eigenvalue weighted by molar-refractivity contribution is 7.80. The van der Waals surface area contributed by atoms with Crippen molar-refractivity contribution in [3.05, 3.63) is 108 Å². The lowest BCUT2D eigenvalue weighted by atomic mass is 10.0. The van der Waals surface area contributed by atoms with Crippen LogP contribution < -0.4 is 15.5 Å². The number of hydrogen-bond donors (Lipinski definition) is 2. The van der Waals surface area contributed by atoms with E-state index < -0.39 is 0 Å². The van der Waals surface area contributed by atoms with E-state index in [4.69, 9.17) is 17.0 Å². The molecule has 1 aliphatic heterocycles. The molecule has 37 heavy (non-hydrogen) atoms. The number of amides is 1. The lowest BCUT2D eigenvalue weighted by Crippen LogP contribution is -2.30. The van der Waals surface area contributed by atoms with Gasteiger partial charge in [-0.1, -0.05) is 6.07 Å². The summed E-state index contributed by atoms with van der Waals surface area (Å²) in [6.07, 6.45) is 3.75. The molecular formula is C28H25N5O3S. The maximum Gasteiger partial charge on any atom is 0.337 e. The molecule has 4 aromatic rings. The third-order valence-electron chi connectivity index (χ3n) is 6.21. The van der Waals surface area contributed by atoms with E-state index in [1.54, 1.807) is 18.3 Å². The summed E-state index contributed by atoms with van der Waals surface area (Å²) in [5.74, 6) is -0.510. The summed E-state index contributed by atoms with van der Waals surface area (Å²) in [6, 6.07) is 24.3. The van der Waals surface area contributed by atoms with E-state index >= 15 is 0 Å². The molecule has 2 aromatic carbocycles. The molecule has 1 amide bonds. The van der Waals surface area contributed by atoms with Crippen molar-refractivity contribution in [2.24, 2.45) is 0 Å². The summed E-state index contributed by atoms with van der Waals surface area (Å²) in [6.45, 7) is 1.48. The Kier molecular flexibility index (Phi) is 6.70. The zero-order chi connectivity index (χ0) is 25.9. The summed E-state index contributed by atoms with van der Waals surface area (Å²) in [5.41, 5.74) is 4.81. The Balaban J connectivity index is 1.58. The second-order valence-corrected chi connectivity index (χ2v) is 8.95. The van der Waals surface area contributed by atoms with Crippen LogP contribution in [0.4, 0.5) is 11.4 Å². The first-order valence-corrected chi connectivity index (χ1v) is 12.1. The van der Waals surface area contributed by atoms with Crippen molar-refractivity contribution >= 4 is 40.6 Å². The van der Waals surface area contributed by atoms with Crippen LogP contribution in [0.25, 0.3) is 5.69 Å². The molecule has 1 saturated heterocycles. The van der Waals surface area contributed by atoms with E-state index in [1.165, 1.54) is 14.0 Å². The van der Waals surface area contributed by atoms with Crippen LogP contribution in [0, 0.1) is 0 Å². The molecule has 0 saturated carbocycles. The van der Waals surface area contributed by atoms with E-state index in [0.29, 0.717) is 16.4 Å². The molecule has 0 unspecified atom stereocenters. The molecule has 186 valence electrons. The molecule has 9 heteroatoms. The Morgan fingerprint density at radius 1 is 0.973 bits per heavy atom. The summed E-state index contributed by atoms with van der Waals surface area (Å²) in [4.78, 5) is 30.1. The minimum absolute atomic E-state index is 0.129. The molecule has 0 bridgehead atoms. The molecule has 0 spiro atoms. The molecule has 2 aromatic heterocycles. The number of ether oxygens (including phenoxy) is 1. The van der Waals surface area contributed by atoms with Gasteiger partial charge in [0.2, 0.25) is 5.91 Å². The van der Waals surface area contributed by atoms with Crippen molar-refractivity contribution in [1.29, 1.82) is 0 Å². The van der Waals surface area contributed by atoms with Gasteiger partial charge in [-0.05, 0) is 85.0 Å². The molecule has 3 heterocycles. The Morgan fingerprint density at radius 3 is 2.35 bits per heavy atom. The molecule has 0 radical (unpaired) electrons. The monoisotopic (exact) mass is 511 g/mol. The Bertz CT molecular complexity index is 1430. The van der Waals surface area contributed by atoms with Gasteiger partial charge >= 0.3 is 5.97 Å². The van der Waals surface area contributed by atoms with Gasteiger partial charge in [0.1, 0.15) is 6.04 Å². The van der Waals surface area contributed by atoms with Crippen molar-refractivity contribution in [2.45, 2.75) is 19.0 Å². The van der Waals surface area contributed by atoms with Gasteiger partial charge in [-0.2, -0.15) is 0 Å². The zero-order valence-corrected chi connectivity index (χ0v) is 21.1. The normalized spacial score (nSPS) is 16.8. The van der Waals surface area contributed by atoms with Crippen LogP contribution in [0.15, 0.2) is 91.3 Å². The minimum atomic E-state index is -0.381. The highest BCUT2D eigenvalue weighted by Gasteiger charge is 2.42. The molecule has 8 nitrogen and oxygen atoms in total. The van der Waals surface area contributed by atoms with E-state index in [9.17, 15) is 9.59 Å². The lowest BCUT2D eigenvalue weighted by molar-refractivity contribution is -0.114. The smallest absolute Gasteiger partial charge is 0.337 e. The topological polar surface area (TPSA) is 88.5 Å². The highest BCUT2D eigenvalue weighted by atomic mass is 32.1. The molecule has 1 aliphatic rings. The van der Waals surface area contributed by atoms with Gasteiger partial charge in [0.05, 0.1) is 24.4 Å². The number of carbonyl (C=O) groups is 2. The molecule has 2 atom stereocenters. The maximum absolute atomic E-state index is 11.9. The lowest BCUT2D eigenvalue weighted by Gasteiger charge is -2.29. The second kappa shape index (κ2) is 10.2. The number of nitrogens with one attached hydrogen (secondary N) is 2. The number of hydrogen-bond acceptors (Lipinski definition) is 5. The van der Waals surface area contributed by atoms with Gasteiger partial charge in [-0.15, -0.1) is 0 Å². The molecule has 2 N–H and O–H groups in total. The number of carbonyl (C=O) groups excluding carboxylic acids is 2. The van der Waals surface area contributed by atoms with E-state index in [0.717, 1.165) is 22.8 Å². The fraction of sp³-hybridized carbons (Fsp3) is 0.143. The highest BCUT2D eigenvalue weighted by Crippen LogP contribution is 2.42. The summed E-state index contributed by atoms with van der Waals surface area (Å²) in [5, 5.41) is 6.84. The average Bonchev–Trinajstić information content (AvgIpc) is 3.53. The van der Waals surface area contributed by atoms with Gasteiger partial charge in [-0.25, -0.2) is 4.79 Å². The van der Waals surface area contributed by atoms with Crippen LogP contribution >= 0.6 is 12.2 Å². The maximum atomic E-state index is 11.9. The first-order chi connectivity index (χ1) is 18.0. The number of thiocarbonyl (C=S) groups is 1. The van der Waals surface area contributed by atoms with Gasteiger partial charge in [0, 0.05) is 42.1 Å². The predicted octanol–water partition coefficient (Wildman–Crippen LogP) is 4.79. The van der Waals surface area contributed by atoms with Crippen molar-refractivity contribution in [3.63, 3.8) is 0 Å². The first kappa shape index (κ1) is 24.2. The molecule has 0 aliphatic carbocycles. The second-order valence-electron chi connectivity index (χ2n) is 8.57. The Labute approximate surface area is 219 Å². The van der Waals surface area contributed by atoms with E-state index in [2.05, 4.69) is 31.2 Å². The standard InChI is InChI=1S/C28H25N5O3S/c1-18(34)30-20-10-14-22(15-11-20)33-26(25(31-28(33)37)23-6-3-4-16-29-23)24-7-5-17-32(24)21-12-8-19(9-13-21)27(35)36-2/h3-17,25-26H,1-2H3,(H,30,34)(H,31,37)/t25-,26-/m0/s1. The number of methoxy groups -OCH3 is 1. The number of anilines is 2. The predicted molar refractivity (Wildman–Crippen MR) is 146 cm³/mol. The fourth-order valence-electron chi connectivity index (χ4n) is 4.59. The summed E-state index contributed by atoms with van der Waals surface area (Å²) < 4.78 is 6.91. The summed E-state index contributed by atoms with van der Waals surface area (Å²) in [7, 11) is 1.37. The van der Waals surface area contributed by atoms with E-state index in [1.807, 2.05) is 66.9 Å². The fourth-order valence-corrected chi connectivity index (χ4v) is 4.93. The Hall–Kier alpha value is -4.50. The average molecular weight is 512 g/mol. The molecule has 1 fully saturated rings. The summed E-state index contributed by atoms with van der Waals surface area (Å²) >= 11 is 5.83. The Morgan fingerprint density at radius 2 is 1.70 bits per heavy atom. The van der Waals surface area contributed by atoms with Crippen LogP contribution in [0.5, 0.6) is 0 Å². The van der Waals surface area contributed by atoms with Gasteiger partial charge < -0.3 is 24.8 Å². The first-order valence-electron chi connectivity index (χ1n) is 11.7. The van der Waals surface area contributed by atoms with Gasteiger partial charge in [0.25, 0.3) is 0 Å². The van der Waals surface area contributed by atoms with Crippen molar-refractivity contribution < 1.29 is 14.3 Å². The third-order valence-corrected chi connectivity index (χ3v) is 6.53. The van der Waals surface area contributed by atoms with Gasteiger partial charge in [-0.3, -0.25) is 9.78 Å². The van der Waals surface area contributed by atoms with Crippen LogP contribution in [-0.2, 0) is 9.53 Å². The number of aromatic nitrogens is 2. The quantitative estimate of drug-likeness (QED) is 0.284. The third kappa shape index (κ3) is 4.81. The van der Waals surface area contributed by atoms with Crippen molar-refractivity contribution in [3.8, 4) is 5.69 Å². The molecular weight excluding hydrogens is 486 g/mol. The van der Waals surface area contributed by atoms with Crippen LogP contribution in [0.2, 0.25) is 0 Å². The number of esters is 1. The van der Waals surface area contributed by atoms with E-state index in [-0.39, 0.29) is 24.0 Å². The number of pyridine rings is 1. The number of nitrogens with zero attached hydrogens (tertiary/aromatic N) is 3. The van der Waals surface area contributed by atoms with Crippen LogP contribution in [0.1, 0.15) is 40.8 Å². The van der Waals surface area contributed by atoms with Crippen LogP contribution in [0.3, 0.4) is 0 Å². The molecule has 5 rings (SSSR count). The van der Waals surface area contributed by atoms with Crippen LogP contribution in [-0.4, -0.2) is 33.6 Å². The van der Waals surface area contributed by atoms with Crippen molar-refractivity contribution in [2.75, 3.05) is 17.3 Å². The number of benzene rings is 2. The van der Waals surface area contributed by atoms with Crippen molar-refractivity contribution in [1.82, 2.24) is 14.9 Å². The zero-order valence-electron chi connectivity index (χ0n) is 20.3. The van der Waals surface area contributed by atoms with Gasteiger partial charge in [0.15, 0.2) is 5.11 Å². The minimum Gasteiger partial charge on any atom is -0.465 e. The number of rotatable bonds is 6. The largest absolute Gasteiger partial charge is 0.465 e.